The third-order valence-electron chi connectivity index (χ3n) is 5.21. The largest absolute Gasteiger partial charge is 0.324 e. The number of carbonyl (C=O) groups is 2. The van der Waals surface area contributed by atoms with Crippen LogP contribution in [0.4, 0.5) is 5.69 Å². The number of carbonyl (C=O) groups excluding carboxylic acids is 2. The summed E-state index contributed by atoms with van der Waals surface area (Å²) in [5.74, 6) is -0.393. The monoisotopic (exact) mass is 457 g/mol. The lowest BCUT2D eigenvalue weighted by molar-refractivity contribution is -0.115. The molecular weight excluding hydrogens is 434 g/mol. The van der Waals surface area contributed by atoms with E-state index >= 15 is 0 Å². The molecule has 1 unspecified atom stereocenters. The van der Waals surface area contributed by atoms with Crippen LogP contribution in [-0.2, 0) is 4.79 Å². The van der Waals surface area contributed by atoms with Crippen LogP contribution in [0.25, 0.3) is 5.69 Å². The quantitative estimate of drug-likeness (QED) is 0.321. The second-order valence-corrected chi connectivity index (χ2v) is 8.91. The summed E-state index contributed by atoms with van der Waals surface area (Å²) in [5, 5.41) is 15.0. The number of amides is 1. The molecule has 0 spiro atoms. The fourth-order valence-corrected chi connectivity index (χ4v) is 4.31. The van der Waals surface area contributed by atoms with Gasteiger partial charge in [-0.15, -0.1) is 5.10 Å². The molecule has 0 saturated carbocycles. The Morgan fingerprint density at radius 2 is 1.58 bits per heavy atom. The Morgan fingerprint density at radius 1 is 0.909 bits per heavy atom. The summed E-state index contributed by atoms with van der Waals surface area (Å²) in [7, 11) is 0. The zero-order chi connectivity index (χ0) is 23.4. The number of aryl methyl sites for hydroxylation is 2. The van der Waals surface area contributed by atoms with Gasteiger partial charge in [-0.25, -0.2) is 0 Å². The Kier molecular flexibility index (Phi) is 6.65. The van der Waals surface area contributed by atoms with Gasteiger partial charge in [0.25, 0.3) is 0 Å². The predicted molar refractivity (Wildman–Crippen MR) is 129 cm³/mol. The Balaban J connectivity index is 1.53. The van der Waals surface area contributed by atoms with Crippen LogP contribution in [0.5, 0.6) is 0 Å². The van der Waals surface area contributed by atoms with Crippen LogP contribution in [0.1, 0.15) is 34.0 Å². The maximum atomic E-state index is 13.0. The lowest BCUT2D eigenvalue weighted by Crippen LogP contribution is -2.24. The minimum absolute atomic E-state index is 0.147. The van der Waals surface area contributed by atoms with Gasteiger partial charge in [0.15, 0.2) is 5.78 Å². The van der Waals surface area contributed by atoms with Gasteiger partial charge in [0.05, 0.1) is 16.6 Å². The number of hydrogen-bond acceptors (Lipinski definition) is 6. The molecule has 3 aromatic carbocycles. The average Bonchev–Trinajstić information content (AvgIpc) is 3.27. The van der Waals surface area contributed by atoms with Gasteiger partial charge in [-0.05, 0) is 54.5 Å². The summed E-state index contributed by atoms with van der Waals surface area (Å²) in [6.07, 6.45) is 0. The van der Waals surface area contributed by atoms with Gasteiger partial charge in [-0.1, -0.05) is 72.4 Å². The maximum absolute atomic E-state index is 13.0. The van der Waals surface area contributed by atoms with Crippen LogP contribution < -0.4 is 5.32 Å². The van der Waals surface area contributed by atoms with Crippen molar-refractivity contribution in [3.8, 4) is 5.69 Å². The number of anilines is 1. The lowest BCUT2D eigenvalue weighted by atomic mass is 10.0. The zero-order valence-corrected chi connectivity index (χ0v) is 19.3. The highest BCUT2D eigenvalue weighted by molar-refractivity contribution is 8.00. The summed E-state index contributed by atoms with van der Waals surface area (Å²) in [6.45, 7) is 5.77. The molecule has 0 aliphatic carbocycles. The van der Waals surface area contributed by atoms with Gasteiger partial charge >= 0.3 is 0 Å². The van der Waals surface area contributed by atoms with Crippen LogP contribution in [0.3, 0.4) is 0 Å². The van der Waals surface area contributed by atoms with Gasteiger partial charge < -0.3 is 5.32 Å². The van der Waals surface area contributed by atoms with E-state index in [1.54, 1.807) is 48.0 Å². The van der Waals surface area contributed by atoms with Crippen LogP contribution in [0.2, 0.25) is 0 Å². The number of aromatic nitrogens is 4. The van der Waals surface area contributed by atoms with Gasteiger partial charge in [0, 0.05) is 11.1 Å². The number of nitrogens with one attached hydrogen (secondary N) is 1. The first-order chi connectivity index (χ1) is 16.0. The van der Waals surface area contributed by atoms with Crippen LogP contribution in [0, 0.1) is 13.8 Å². The van der Waals surface area contributed by atoms with Crippen molar-refractivity contribution in [1.82, 2.24) is 20.2 Å². The molecule has 166 valence electrons. The molecule has 7 nitrogen and oxygen atoms in total. The molecule has 0 radical (unpaired) electrons. The summed E-state index contributed by atoms with van der Waals surface area (Å²) < 4.78 is 1.66. The van der Waals surface area contributed by atoms with E-state index in [0.29, 0.717) is 22.0 Å². The number of ketones is 1. The number of nitrogens with zero attached hydrogens (tertiary/aromatic N) is 4. The van der Waals surface area contributed by atoms with Crippen LogP contribution >= 0.6 is 11.8 Å². The first-order valence-corrected chi connectivity index (χ1v) is 11.3. The zero-order valence-electron chi connectivity index (χ0n) is 18.5. The van der Waals surface area contributed by atoms with Crippen molar-refractivity contribution in [2.24, 2.45) is 0 Å². The SMILES string of the molecule is Cc1cccc(C)c1-n1nnnc1SC(C)C(=O)Nc1ccccc1C(=O)c1ccccc1. The average molecular weight is 458 g/mol. The molecule has 1 atom stereocenters. The van der Waals surface area contributed by atoms with E-state index < -0.39 is 5.25 Å². The van der Waals surface area contributed by atoms with Gasteiger partial charge in [-0.2, -0.15) is 4.68 Å². The fourth-order valence-electron chi connectivity index (χ4n) is 3.51. The van der Waals surface area contributed by atoms with Crippen molar-refractivity contribution in [1.29, 1.82) is 0 Å². The molecule has 0 aliphatic heterocycles. The van der Waals surface area contributed by atoms with Crippen molar-refractivity contribution in [2.45, 2.75) is 31.2 Å². The van der Waals surface area contributed by atoms with E-state index in [2.05, 4.69) is 20.8 Å². The second kappa shape index (κ2) is 9.79. The molecule has 33 heavy (non-hydrogen) atoms. The number of para-hydroxylation sites is 2. The lowest BCUT2D eigenvalue weighted by Gasteiger charge is -2.15. The summed E-state index contributed by atoms with van der Waals surface area (Å²) in [5.41, 5.74) is 4.45. The predicted octanol–water partition coefficient (Wildman–Crippen LogP) is 4.63. The molecule has 0 aliphatic rings. The number of rotatable bonds is 7. The van der Waals surface area contributed by atoms with E-state index in [1.807, 2.05) is 50.2 Å². The first kappa shape index (κ1) is 22.4. The molecular formula is C25H23N5O2S. The third-order valence-corrected chi connectivity index (χ3v) is 6.24. The van der Waals surface area contributed by atoms with Gasteiger partial charge in [-0.3, -0.25) is 9.59 Å². The number of hydrogen-bond donors (Lipinski definition) is 1. The molecule has 8 heteroatoms. The standard InChI is InChI=1S/C25H23N5O2S/c1-16-10-9-11-17(2)22(16)30-25(27-28-29-30)33-18(3)24(32)26-21-15-8-7-14-20(21)23(31)19-12-5-4-6-13-19/h4-15,18H,1-3H3,(H,26,32). The van der Waals surface area contributed by atoms with Crippen LogP contribution in [0.15, 0.2) is 78.0 Å². The minimum Gasteiger partial charge on any atom is -0.324 e. The Bertz CT molecular complexity index is 1280. The van der Waals surface area contributed by atoms with Gasteiger partial charge in [0.2, 0.25) is 11.1 Å². The van der Waals surface area contributed by atoms with E-state index in [-0.39, 0.29) is 11.7 Å². The Labute approximate surface area is 196 Å². The molecule has 0 saturated heterocycles. The smallest absolute Gasteiger partial charge is 0.237 e. The van der Waals surface area contributed by atoms with Crippen LogP contribution in [-0.4, -0.2) is 37.1 Å². The fraction of sp³-hybridized carbons (Fsp3) is 0.160. The topological polar surface area (TPSA) is 89.8 Å². The third kappa shape index (κ3) is 4.85. The van der Waals surface area contributed by atoms with E-state index in [0.717, 1.165) is 16.8 Å². The number of benzene rings is 3. The van der Waals surface area contributed by atoms with E-state index in [1.165, 1.54) is 11.8 Å². The number of tetrazole rings is 1. The van der Waals surface area contributed by atoms with Crippen molar-refractivity contribution < 1.29 is 9.59 Å². The molecule has 1 aromatic heterocycles. The molecule has 0 bridgehead atoms. The number of thioether (sulfide) groups is 1. The molecule has 4 rings (SSSR count). The second-order valence-electron chi connectivity index (χ2n) is 7.60. The molecule has 4 aromatic rings. The van der Waals surface area contributed by atoms with Gasteiger partial charge in [0.1, 0.15) is 0 Å². The molecule has 0 fully saturated rings. The highest BCUT2D eigenvalue weighted by Crippen LogP contribution is 2.27. The summed E-state index contributed by atoms with van der Waals surface area (Å²) in [4.78, 5) is 26.0. The molecule has 1 amide bonds. The normalized spacial score (nSPS) is 11.7. The minimum atomic E-state index is -0.501. The first-order valence-electron chi connectivity index (χ1n) is 10.5. The molecule has 1 N–H and O–H groups in total. The molecule has 1 heterocycles. The van der Waals surface area contributed by atoms with E-state index in [4.69, 9.17) is 0 Å². The highest BCUT2D eigenvalue weighted by Gasteiger charge is 2.22. The summed E-state index contributed by atoms with van der Waals surface area (Å²) in [6, 6.07) is 22.0. The van der Waals surface area contributed by atoms with Crippen molar-refractivity contribution in [3.05, 3.63) is 95.1 Å². The Hall–Kier alpha value is -3.78. The Morgan fingerprint density at radius 3 is 2.30 bits per heavy atom. The van der Waals surface area contributed by atoms with Crippen molar-refractivity contribution in [3.63, 3.8) is 0 Å². The van der Waals surface area contributed by atoms with Crippen molar-refractivity contribution >= 4 is 29.1 Å². The summed E-state index contributed by atoms with van der Waals surface area (Å²) >= 11 is 1.26. The maximum Gasteiger partial charge on any atom is 0.237 e. The van der Waals surface area contributed by atoms with E-state index in [9.17, 15) is 9.59 Å². The van der Waals surface area contributed by atoms with Crippen molar-refractivity contribution in [2.75, 3.05) is 5.32 Å². The highest BCUT2D eigenvalue weighted by atomic mass is 32.2.